The Morgan fingerprint density at radius 1 is 1.18 bits per heavy atom. The van der Waals surface area contributed by atoms with E-state index >= 15 is 0 Å². The quantitative estimate of drug-likeness (QED) is 0.843. The predicted molar refractivity (Wildman–Crippen MR) is 80.2 cm³/mol. The van der Waals surface area contributed by atoms with Crippen molar-refractivity contribution in [2.24, 2.45) is 0 Å². The van der Waals surface area contributed by atoms with Crippen LogP contribution in [0, 0.1) is 5.82 Å². The first-order valence-electron chi connectivity index (χ1n) is 7.51. The van der Waals surface area contributed by atoms with Crippen molar-refractivity contribution in [3.63, 3.8) is 0 Å². The first kappa shape index (κ1) is 14.9. The Balaban J connectivity index is 2.16. The van der Waals surface area contributed by atoms with Crippen LogP contribution in [0.4, 0.5) is 4.39 Å². The zero-order valence-corrected chi connectivity index (χ0v) is 12.8. The van der Waals surface area contributed by atoms with E-state index in [0.29, 0.717) is 24.0 Å². The minimum Gasteiger partial charge on any atom is -0.294 e. The number of hydrazine groups is 1. The lowest BCUT2D eigenvalue weighted by molar-refractivity contribution is -0.143. The van der Waals surface area contributed by atoms with Crippen LogP contribution in [-0.4, -0.2) is 35.8 Å². The maximum atomic E-state index is 14.2. The van der Waals surface area contributed by atoms with Crippen LogP contribution in [0.2, 0.25) is 0 Å². The topological polar surface area (TPSA) is 40.6 Å². The summed E-state index contributed by atoms with van der Waals surface area (Å²) in [6.07, 6.45) is 2.01. The van der Waals surface area contributed by atoms with Crippen LogP contribution in [0.25, 0.3) is 0 Å². The van der Waals surface area contributed by atoms with Gasteiger partial charge in [0.05, 0.1) is 0 Å². The highest BCUT2D eigenvalue weighted by molar-refractivity contribution is 6.01. The highest BCUT2D eigenvalue weighted by Gasteiger charge is 2.40. The minimum absolute atomic E-state index is 0.0360. The number of carbonyl (C=O) groups excluding carboxylic acids is 2. The van der Waals surface area contributed by atoms with Crippen LogP contribution in [0.3, 0.4) is 0 Å². The van der Waals surface area contributed by atoms with E-state index in [-0.39, 0.29) is 23.9 Å². The zero-order valence-electron chi connectivity index (χ0n) is 12.8. The molecule has 5 heteroatoms. The molecule has 1 aliphatic heterocycles. The summed E-state index contributed by atoms with van der Waals surface area (Å²) in [7, 11) is 3.57. The first-order valence-corrected chi connectivity index (χ1v) is 7.51. The Morgan fingerprint density at radius 3 is 2.59 bits per heavy atom. The van der Waals surface area contributed by atoms with Crippen LogP contribution < -0.4 is 0 Å². The largest absolute Gasteiger partial charge is 0.294 e. The van der Waals surface area contributed by atoms with E-state index in [1.807, 2.05) is 0 Å². The van der Waals surface area contributed by atoms with Gasteiger partial charge in [-0.1, -0.05) is 18.2 Å². The van der Waals surface area contributed by atoms with Gasteiger partial charge in [-0.2, -0.15) is 0 Å². The number of ketones is 1. The monoisotopic (exact) mass is 302 g/mol. The third-order valence-electron chi connectivity index (χ3n) is 4.33. The van der Waals surface area contributed by atoms with E-state index in [0.717, 1.165) is 12.1 Å². The molecule has 3 rings (SSSR count). The number of halogens is 1. The number of rotatable bonds is 2. The van der Waals surface area contributed by atoms with Crippen molar-refractivity contribution in [3.05, 3.63) is 46.9 Å². The standard InChI is InChI=1S/C17H19FN2O2/c1-19(2)20-14-8-5-9-15(21)17(14)12(10-16(20)22)11-6-3-4-7-13(11)18/h3-4,6-7,12H,5,8-10H2,1-2H3. The molecule has 4 nitrogen and oxygen atoms in total. The SMILES string of the molecule is CN(C)N1C(=O)CC(c2ccccc2F)C2=C1CCCC2=O. The molecular formula is C17H19FN2O2. The van der Waals surface area contributed by atoms with E-state index in [9.17, 15) is 14.0 Å². The third-order valence-corrected chi connectivity index (χ3v) is 4.33. The van der Waals surface area contributed by atoms with Gasteiger partial charge >= 0.3 is 0 Å². The summed E-state index contributed by atoms with van der Waals surface area (Å²) >= 11 is 0. The zero-order chi connectivity index (χ0) is 15.9. The number of hydrogen-bond donors (Lipinski definition) is 0. The molecule has 1 atom stereocenters. The van der Waals surface area contributed by atoms with Gasteiger partial charge in [-0.05, 0) is 24.5 Å². The van der Waals surface area contributed by atoms with Crippen LogP contribution >= 0.6 is 0 Å². The molecule has 0 fully saturated rings. The lowest BCUT2D eigenvalue weighted by atomic mass is 9.77. The number of allylic oxidation sites excluding steroid dienone is 2. The third kappa shape index (κ3) is 2.35. The summed E-state index contributed by atoms with van der Waals surface area (Å²) in [6, 6.07) is 6.42. The van der Waals surface area contributed by atoms with Crippen LogP contribution in [-0.2, 0) is 9.59 Å². The molecular weight excluding hydrogens is 283 g/mol. The Hall–Kier alpha value is -2.01. The van der Waals surface area contributed by atoms with Gasteiger partial charge < -0.3 is 0 Å². The van der Waals surface area contributed by atoms with Crippen LogP contribution in [0.1, 0.15) is 37.2 Å². The summed E-state index contributed by atoms with van der Waals surface area (Å²) < 4.78 is 14.2. The maximum absolute atomic E-state index is 14.2. The van der Waals surface area contributed by atoms with Crippen molar-refractivity contribution in [1.82, 2.24) is 10.0 Å². The van der Waals surface area contributed by atoms with E-state index < -0.39 is 5.92 Å². The predicted octanol–water partition coefficient (Wildman–Crippen LogP) is 2.63. The molecule has 2 aliphatic rings. The Labute approximate surface area is 129 Å². The van der Waals surface area contributed by atoms with Gasteiger partial charge in [0, 0.05) is 44.1 Å². The van der Waals surface area contributed by atoms with Gasteiger partial charge in [0.15, 0.2) is 5.78 Å². The number of Topliss-reactive ketones (excluding diaryl/α,β-unsaturated/α-hetero) is 1. The van der Waals surface area contributed by atoms with Gasteiger partial charge in [0.1, 0.15) is 5.82 Å². The fraction of sp³-hybridized carbons (Fsp3) is 0.412. The van der Waals surface area contributed by atoms with Crippen molar-refractivity contribution in [1.29, 1.82) is 0 Å². The highest BCUT2D eigenvalue weighted by Crippen LogP contribution is 2.42. The second kappa shape index (κ2) is 5.65. The summed E-state index contributed by atoms with van der Waals surface area (Å²) in [5.41, 5.74) is 1.80. The first-order chi connectivity index (χ1) is 10.5. The van der Waals surface area contributed by atoms with E-state index in [4.69, 9.17) is 0 Å². The van der Waals surface area contributed by atoms with Gasteiger partial charge in [0.2, 0.25) is 5.91 Å². The van der Waals surface area contributed by atoms with Crippen molar-refractivity contribution in [2.45, 2.75) is 31.6 Å². The van der Waals surface area contributed by atoms with Gasteiger partial charge in [-0.3, -0.25) is 9.59 Å². The second-order valence-corrected chi connectivity index (χ2v) is 5.97. The molecule has 0 saturated heterocycles. The maximum Gasteiger partial charge on any atom is 0.242 e. The molecule has 0 bridgehead atoms. The second-order valence-electron chi connectivity index (χ2n) is 5.97. The molecule has 0 spiro atoms. The van der Waals surface area contributed by atoms with Gasteiger partial charge in [-0.15, -0.1) is 0 Å². The lowest BCUT2D eigenvalue weighted by Crippen LogP contribution is -2.47. The molecule has 0 saturated carbocycles. The molecule has 1 aliphatic carbocycles. The normalized spacial score (nSPS) is 22.4. The van der Waals surface area contributed by atoms with E-state index in [1.54, 1.807) is 42.3 Å². The molecule has 1 aromatic rings. The Bertz CT molecular complexity index is 666. The smallest absolute Gasteiger partial charge is 0.242 e. The molecule has 0 N–H and O–H groups in total. The molecule has 0 radical (unpaired) electrons. The van der Waals surface area contributed by atoms with Crippen LogP contribution in [0.5, 0.6) is 0 Å². The molecule has 1 unspecified atom stereocenters. The average Bonchev–Trinajstić information content (AvgIpc) is 2.46. The number of benzene rings is 1. The summed E-state index contributed by atoms with van der Waals surface area (Å²) in [6.45, 7) is 0. The van der Waals surface area contributed by atoms with Crippen molar-refractivity contribution >= 4 is 11.7 Å². The molecule has 1 heterocycles. The molecule has 22 heavy (non-hydrogen) atoms. The van der Waals surface area contributed by atoms with Crippen molar-refractivity contribution in [3.8, 4) is 0 Å². The summed E-state index contributed by atoms with van der Waals surface area (Å²) in [5, 5.41) is 3.28. The fourth-order valence-corrected chi connectivity index (χ4v) is 3.46. The molecule has 1 aromatic carbocycles. The van der Waals surface area contributed by atoms with Crippen molar-refractivity contribution in [2.75, 3.05) is 14.1 Å². The number of carbonyl (C=O) groups is 2. The average molecular weight is 302 g/mol. The van der Waals surface area contributed by atoms with Gasteiger partial charge in [0.25, 0.3) is 0 Å². The van der Waals surface area contributed by atoms with E-state index in [1.165, 1.54) is 6.07 Å². The van der Waals surface area contributed by atoms with E-state index in [2.05, 4.69) is 0 Å². The Morgan fingerprint density at radius 2 is 1.91 bits per heavy atom. The van der Waals surface area contributed by atoms with Crippen LogP contribution in [0.15, 0.2) is 35.5 Å². The number of hydrogen-bond acceptors (Lipinski definition) is 3. The van der Waals surface area contributed by atoms with Gasteiger partial charge in [-0.25, -0.2) is 14.4 Å². The summed E-state index contributed by atoms with van der Waals surface area (Å²) in [4.78, 5) is 25.0. The lowest BCUT2D eigenvalue weighted by Gasteiger charge is -2.41. The molecule has 116 valence electrons. The summed E-state index contributed by atoms with van der Waals surface area (Å²) in [5.74, 6) is -0.878. The fourth-order valence-electron chi connectivity index (χ4n) is 3.46. The minimum atomic E-state index is -0.465. The highest BCUT2D eigenvalue weighted by atomic mass is 19.1. The number of amides is 1. The molecule has 0 aromatic heterocycles. The number of nitrogens with zero attached hydrogens (tertiary/aromatic N) is 2. The van der Waals surface area contributed by atoms with Crippen molar-refractivity contribution < 1.29 is 14.0 Å². The Kier molecular flexibility index (Phi) is 3.83. The molecule has 1 amide bonds.